The van der Waals surface area contributed by atoms with E-state index in [1.807, 2.05) is 92.7 Å². The molecule has 0 saturated carbocycles. The highest BCUT2D eigenvalue weighted by Crippen LogP contribution is 2.26. The molecule has 4 heteroatoms. The zero-order valence-electron chi connectivity index (χ0n) is 15.3. The highest BCUT2D eigenvalue weighted by molar-refractivity contribution is 7.97. The first-order valence-corrected chi connectivity index (χ1v) is 9.38. The Balaban J connectivity index is 0.000000244. The normalized spacial score (nSPS) is 10.3. The van der Waals surface area contributed by atoms with E-state index < -0.39 is 5.60 Å². The van der Waals surface area contributed by atoms with Gasteiger partial charge < -0.3 is 4.74 Å². The lowest BCUT2D eigenvalue weighted by Crippen LogP contribution is -2.25. The second-order valence-electron chi connectivity index (χ2n) is 6.30. The summed E-state index contributed by atoms with van der Waals surface area (Å²) < 4.78 is 5.94. The van der Waals surface area contributed by atoms with Crippen LogP contribution >= 0.6 is 24.8 Å². The molecule has 3 aromatic carbocycles. The molecule has 0 saturated heterocycles. The fourth-order valence-electron chi connectivity index (χ4n) is 2.34. The number of ether oxygens (including phenoxy) is 1. The number of hydrogen-bond acceptors (Lipinski definition) is 3. The molecule has 0 aliphatic heterocycles. The molecule has 3 rings (SSSR count). The van der Waals surface area contributed by atoms with Crippen LogP contribution in [0.5, 0.6) is 0 Å². The maximum Gasteiger partial charge on any atom is 0.216 e. The lowest BCUT2D eigenvalue weighted by atomic mass is 9.98. The summed E-state index contributed by atoms with van der Waals surface area (Å²) in [5.74, 6) is 0. The summed E-state index contributed by atoms with van der Waals surface area (Å²) in [6.45, 7) is 4.05. The molecule has 0 unspecified atom stereocenters. The molecule has 0 spiro atoms. The lowest BCUT2D eigenvalue weighted by Gasteiger charge is -2.27. The minimum atomic E-state index is -0.422. The van der Waals surface area contributed by atoms with Crippen LogP contribution in [-0.4, -0.2) is 10.2 Å². The van der Waals surface area contributed by atoms with Crippen molar-refractivity contribution in [3.63, 3.8) is 0 Å². The third kappa shape index (κ3) is 6.66. The molecule has 0 fully saturated rings. The van der Waals surface area contributed by atoms with E-state index >= 15 is 0 Å². The first kappa shape index (κ1) is 20.9. The van der Waals surface area contributed by atoms with Gasteiger partial charge in [0.2, 0.25) is 5.12 Å². The van der Waals surface area contributed by atoms with Crippen molar-refractivity contribution in [2.45, 2.75) is 19.4 Å². The van der Waals surface area contributed by atoms with Gasteiger partial charge >= 0.3 is 0 Å². The summed E-state index contributed by atoms with van der Waals surface area (Å²) in [6.07, 6.45) is 0. The van der Waals surface area contributed by atoms with Crippen LogP contribution in [0.25, 0.3) is 0 Å². The standard InChI is InChI=1S/C16H16OS.C7H6OS/c1-16(2,14-11-7-4-8-12-14)17-15(18)13-9-5-3-6-10-13;8-7(9)6-4-2-1-3-5-6/h3-12H,1-2H3;1-5H,(H,8,9). The van der Waals surface area contributed by atoms with Gasteiger partial charge in [0.1, 0.15) is 5.60 Å². The Morgan fingerprint density at radius 3 is 1.59 bits per heavy atom. The van der Waals surface area contributed by atoms with Gasteiger partial charge in [-0.25, -0.2) is 0 Å². The van der Waals surface area contributed by atoms with Gasteiger partial charge in [0.25, 0.3) is 0 Å². The Hall–Kier alpha value is -2.43. The predicted molar refractivity (Wildman–Crippen MR) is 118 cm³/mol. The van der Waals surface area contributed by atoms with Crippen molar-refractivity contribution in [2.75, 3.05) is 0 Å². The van der Waals surface area contributed by atoms with Crippen molar-refractivity contribution in [3.05, 3.63) is 108 Å². The number of thiol groups is 1. The summed E-state index contributed by atoms with van der Waals surface area (Å²) >= 11 is 9.00. The molecule has 0 bridgehead atoms. The van der Waals surface area contributed by atoms with Crippen LogP contribution in [0.4, 0.5) is 0 Å². The summed E-state index contributed by atoms with van der Waals surface area (Å²) in [5.41, 5.74) is 2.27. The van der Waals surface area contributed by atoms with Gasteiger partial charge in [0, 0.05) is 11.1 Å². The van der Waals surface area contributed by atoms with E-state index in [1.54, 1.807) is 12.1 Å². The van der Waals surface area contributed by atoms with Gasteiger partial charge in [0.15, 0.2) is 5.05 Å². The number of benzene rings is 3. The Labute approximate surface area is 171 Å². The van der Waals surface area contributed by atoms with Gasteiger partial charge in [-0.3, -0.25) is 4.79 Å². The number of rotatable bonds is 4. The van der Waals surface area contributed by atoms with Crippen LogP contribution in [0.15, 0.2) is 91.0 Å². The average molecular weight is 395 g/mol. The van der Waals surface area contributed by atoms with Crippen molar-refractivity contribution < 1.29 is 9.53 Å². The topological polar surface area (TPSA) is 26.3 Å². The van der Waals surface area contributed by atoms with E-state index in [1.165, 1.54) is 0 Å². The Bertz CT molecular complexity index is 861. The predicted octanol–water partition coefficient (Wildman–Crippen LogP) is 6.07. The molecule has 0 N–H and O–H groups in total. The van der Waals surface area contributed by atoms with Crippen molar-refractivity contribution in [3.8, 4) is 0 Å². The maximum absolute atomic E-state index is 10.5. The zero-order valence-corrected chi connectivity index (χ0v) is 17.0. The average Bonchev–Trinajstić information content (AvgIpc) is 2.70. The molecule has 0 aliphatic carbocycles. The highest BCUT2D eigenvalue weighted by atomic mass is 32.1. The van der Waals surface area contributed by atoms with Crippen molar-refractivity contribution >= 4 is 35.0 Å². The SMILES string of the molecule is CC(C)(OC(=S)c1ccccc1)c1ccccc1.O=C(S)c1ccccc1. The summed E-state index contributed by atoms with van der Waals surface area (Å²) in [4.78, 5) is 10.5. The van der Waals surface area contributed by atoms with Gasteiger partial charge in [-0.2, -0.15) is 0 Å². The molecule has 3 aromatic rings. The first-order valence-electron chi connectivity index (χ1n) is 8.52. The van der Waals surface area contributed by atoms with Crippen molar-refractivity contribution in [1.29, 1.82) is 0 Å². The molecule has 2 nitrogen and oxygen atoms in total. The highest BCUT2D eigenvalue weighted by Gasteiger charge is 2.23. The van der Waals surface area contributed by atoms with E-state index in [4.69, 9.17) is 17.0 Å². The molecule has 27 heavy (non-hydrogen) atoms. The third-order valence-electron chi connectivity index (χ3n) is 3.85. The van der Waals surface area contributed by atoms with Crippen molar-refractivity contribution in [2.24, 2.45) is 0 Å². The molecule has 0 aliphatic rings. The van der Waals surface area contributed by atoms with Crippen LogP contribution in [-0.2, 0) is 10.3 Å². The van der Waals surface area contributed by atoms with E-state index in [-0.39, 0.29) is 5.12 Å². The van der Waals surface area contributed by atoms with Crippen LogP contribution < -0.4 is 0 Å². The molecule has 0 atom stereocenters. The molecule has 0 radical (unpaired) electrons. The van der Waals surface area contributed by atoms with Crippen LogP contribution in [0.1, 0.15) is 35.3 Å². The summed E-state index contributed by atoms with van der Waals surface area (Å²) in [6, 6.07) is 28.9. The molecule has 0 amide bonds. The van der Waals surface area contributed by atoms with E-state index in [0.29, 0.717) is 10.6 Å². The maximum atomic E-state index is 10.5. The number of carbonyl (C=O) groups excluding carboxylic acids is 1. The van der Waals surface area contributed by atoms with Gasteiger partial charge in [-0.1, -0.05) is 91.0 Å². The Kier molecular flexibility index (Phi) is 7.77. The largest absolute Gasteiger partial charge is 0.472 e. The minimum Gasteiger partial charge on any atom is -0.472 e. The smallest absolute Gasteiger partial charge is 0.216 e. The van der Waals surface area contributed by atoms with Crippen LogP contribution in [0, 0.1) is 0 Å². The Morgan fingerprint density at radius 2 is 1.19 bits per heavy atom. The minimum absolute atomic E-state index is 0.185. The van der Waals surface area contributed by atoms with E-state index in [0.717, 1.165) is 11.1 Å². The second kappa shape index (κ2) is 10.0. The lowest BCUT2D eigenvalue weighted by molar-refractivity contribution is 0.0999. The zero-order chi connectivity index (χ0) is 19.7. The number of thiocarbonyl (C=S) groups is 1. The number of carbonyl (C=O) groups is 1. The van der Waals surface area contributed by atoms with Crippen LogP contribution in [0.3, 0.4) is 0 Å². The molecule has 0 aromatic heterocycles. The molecular formula is C23H22O2S2. The molecular weight excluding hydrogens is 372 g/mol. The first-order chi connectivity index (χ1) is 12.9. The summed E-state index contributed by atoms with van der Waals surface area (Å²) in [7, 11) is 0. The van der Waals surface area contributed by atoms with Gasteiger partial charge in [-0.05, 0) is 31.6 Å². The van der Waals surface area contributed by atoms with Crippen molar-refractivity contribution in [1.82, 2.24) is 0 Å². The van der Waals surface area contributed by atoms with Gasteiger partial charge in [0.05, 0.1) is 0 Å². The van der Waals surface area contributed by atoms with E-state index in [2.05, 4.69) is 12.6 Å². The third-order valence-corrected chi connectivity index (χ3v) is 4.42. The van der Waals surface area contributed by atoms with Gasteiger partial charge in [-0.15, -0.1) is 12.6 Å². The quantitative estimate of drug-likeness (QED) is 0.430. The van der Waals surface area contributed by atoms with E-state index in [9.17, 15) is 4.79 Å². The number of hydrogen-bond donors (Lipinski definition) is 1. The second-order valence-corrected chi connectivity index (χ2v) is 7.08. The molecule has 138 valence electrons. The summed E-state index contributed by atoms with van der Waals surface area (Å²) in [5, 5.41) is 0.347. The van der Waals surface area contributed by atoms with Crippen LogP contribution in [0.2, 0.25) is 0 Å². The molecule has 0 heterocycles. The monoisotopic (exact) mass is 394 g/mol. The Morgan fingerprint density at radius 1 is 0.778 bits per heavy atom. The fraction of sp³-hybridized carbons (Fsp3) is 0.130. The fourth-order valence-corrected chi connectivity index (χ4v) is 2.84.